The molecule has 37 heavy (non-hydrogen) atoms. The van der Waals surface area contributed by atoms with Crippen molar-refractivity contribution in [2.24, 2.45) is 5.73 Å². The summed E-state index contributed by atoms with van der Waals surface area (Å²) in [6, 6.07) is 15.7. The van der Waals surface area contributed by atoms with Crippen LogP contribution in [0.1, 0.15) is 21.2 Å². The van der Waals surface area contributed by atoms with Crippen molar-refractivity contribution < 1.29 is 28.6 Å². The van der Waals surface area contributed by atoms with E-state index in [9.17, 15) is 19.6 Å². The average Bonchev–Trinajstić information content (AvgIpc) is 3.26. The van der Waals surface area contributed by atoms with Gasteiger partial charge < -0.3 is 19.9 Å². The van der Waals surface area contributed by atoms with Gasteiger partial charge in [0.15, 0.2) is 0 Å². The number of nitriles is 1. The van der Waals surface area contributed by atoms with Gasteiger partial charge in [0, 0.05) is 15.8 Å². The topological polar surface area (TPSA) is 132 Å². The van der Waals surface area contributed by atoms with E-state index < -0.39 is 23.8 Å². The van der Waals surface area contributed by atoms with Crippen molar-refractivity contribution in [3.05, 3.63) is 86.7 Å². The van der Waals surface area contributed by atoms with Crippen LogP contribution >= 0.6 is 22.9 Å². The molecule has 1 aliphatic heterocycles. The quantitative estimate of drug-likeness (QED) is 0.375. The molecule has 1 aliphatic rings. The normalized spacial score (nSPS) is 15.4. The molecule has 1 atom stereocenters. The molecule has 2 aromatic carbocycles. The molecule has 188 valence electrons. The maximum absolute atomic E-state index is 13.2. The lowest BCUT2D eigenvalue weighted by molar-refractivity contribution is -0.139. The molecule has 3 aromatic rings. The predicted octanol–water partition coefficient (Wildman–Crippen LogP) is 4.24. The van der Waals surface area contributed by atoms with Crippen LogP contribution in [0.2, 0.25) is 5.02 Å². The number of nitrogens with zero attached hydrogens (tertiary/aromatic N) is 2. The molecule has 1 unspecified atom stereocenters. The number of benzene rings is 2. The number of carbonyl (C=O) groups is 3. The highest BCUT2D eigenvalue weighted by Crippen LogP contribution is 2.45. The van der Waals surface area contributed by atoms with Gasteiger partial charge in [0.05, 0.1) is 49.5 Å². The average molecular weight is 538 g/mol. The van der Waals surface area contributed by atoms with E-state index in [4.69, 9.17) is 31.5 Å². The largest absolute Gasteiger partial charge is 0.466 e. The smallest absolute Gasteiger partial charge is 0.355 e. The zero-order valence-electron chi connectivity index (χ0n) is 19.9. The lowest BCUT2D eigenvalue weighted by atomic mass is 9.81. The first kappa shape index (κ1) is 25.8. The number of methoxy groups -OCH3 is 3. The Labute approximate surface area is 220 Å². The van der Waals surface area contributed by atoms with Crippen LogP contribution in [0, 0.1) is 11.3 Å². The summed E-state index contributed by atoms with van der Waals surface area (Å²) < 4.78 is 15.5. The van der Waals surface area contributed by atoms with Crippen LogP contribution in [-0.4, -0.2) is 39.2 Å². The van der Waals surface area contributed by atoms with Gasteiger partial charge in [-0.25, -0.2) is 14.4 Å². The van der Waals surface area contributed by atoms with Gasteiger partial charge in [-0.1, -0.05) is 41.9 Å². The summed E-state index contributed by atoms with van der Waals surface area (Å²) in [5.41, 5.74) is 7.15. The molecule has 11 heteroatoms. The van der Waals surface area contributed by atoms with Gasteiger partial charge in [-0.2, -0.15) is 5.26 Å². The van der Waals surface area contributed by atoms with Gasteiger partial charge in [-0.05, 0) is 23.8 Å². The summed E-state index contributed by atoms with van der Waals surface area (Å²) in [7, 11) is 3.60. The molecule has 9 nitrogen and oxygen atoms in total. The van der Waals surface area contributed by atoms with Gasteiger partial charge in [0.2, 0.25) is 0 Å². The second kappa shape index (κ2) is 10.3. The lowest BCUT2D eigenvalue weighted by Gasteiger charge is -2.35. The lowest BCUT2D eigenvalue weighted by Crippen LogP contribution is -2.40. The number of hydrogen-bond acceptors (Lipinski definition) is 10. The van der Waals surface area contributed by atoms with E-state index >= 15 is 0 Å². The van der Waals surface area contributed by atoms with Crippen LogP contribution < -0.4 is 10.6 Å². The Morgan fingerprint density at radius 2 is 1.65 bits per heavy atom. The van der Waals surface area contributed by atoms with Crippen molar-refractivity contribution in [1.29, 1.82) is 5.26 Å². The molecule has 0 radical (unpaired) electrons. The van der Waals surface area contributed by atoms with Crippen LogP contribution in [-0.2, 0) is 23.8 Å². The fraction of sp³-hybridized carbons (Fsp3) is 0.154. The number of allylic oxidation sites excluding steroid dienone is 1. The summed E-state index contributed by atoms with van der Waals surface area (Å²) >= 11 is 7.48. The third-order valence-electron chi connectivity index (χ3n) is 5.85. The molecule has 0 amide bonds. The molecule has 0 fully saturated rings. The molecule has 0 saturated heterocycles. The number of fused-ring (bicyclic) bond motifs is 1. The predicted molar refractivity (Wildman–Crippen MR) is 138 cm³/mol. The van der Waals surface area contributed by atoms with Crippen LogP contribution in [0.25, 0.3) is 10.1 Å². The summed E-state index contributed by atoms with van der Waals surface area (Å²) in [6.45, 7) is 0. The van der Waals surface area contributed by atoms with Crippen LogP contribution in [0.3, 0.4) is 0 Å². The Bertz CT molecular complexity index is 1540. The number of halogens is 1. The van der Waals surface area contributed by atoms with Crippen molar-refractivity contribution in [3.8, 4) is 6.07 Å². The first-order valence-corrected chi connectivity index (χ1v) is 11.9. The van der Waals surface area contributed by atoms with E-state index in [1.165, 1.54) is 26.2 Å². The Balaban J connectivity index is 2.03. The number of thiophene rings is 1. The summed E-state index contributed by atoms with van der Waals surface area (Å²) in [5, 5.41) is 10.9. The van der Waals surface area contributed by atoms with Gasteiger partial charge in [-0.15, -0.1) is 11.3 Å². The molecule has 0 aliphatic carbocycles. The number of carbonyl (C=O) groups excluding carboxylic acids is 3. The number of hydrogen-bond donors (Lipinski definition) is 1. The van der Waals surface area contributed by atoms with E-state index in [0.717, 1.165) is 11.3 Å². The first-order chi connectivity index (χ1) is 17.8. The highest BCUT2D eigenvalue weighted by molar-refractivity contribution is 7.21. The van der Waals surface area contributed by atoms with E-state index in [-0.39, 0.29) is 32.6 Å². The van der Waals surface area contributed by atoms with Gasteiger partial charge in [-0.3, -0.25) is 4.90 Å². The number of ether oxygens (including phenoxy) is 3. The van der Waals surface area contributed by atoms with Gasteiger partial charge in [0.1, 0.15) is 16.4 Å². The van der Waals surface area contributed by atoms with E-state index in [1.54, 1.807) is 48.5 Å². The third-order valence-corrected chi connectivity index (χ3v) is 7.49. The third kappa shape index (κ3) is 4.28. The van der Waals surface area contributed by atoms with Crippen LogP contribution in [0.4, 0.5) is 5.69 Å². The summed E-state index contributed by atoms with van der Waals surface area (Å²) in [6.07, 6.45) is 0. The Kier molecular flexibility index (Phi) is 7.20. The zero-order chi connectivity index (χ0) is 26.9. The number of esters is 3. The Morgan fingerprint density at radius 1 is 1.00 bits per heavy atom. The number of rotatable bonds is 5. The molecule has 4 rings (SSSR count). The van der Waals surface area contributed by atoms with Crippen LogP contribution in [0.5, 0.6) is 0 Å². The van der Waals surface area contributed by atoms with Crippen molar-refractivity contribution in [2.45, 2.75) is 5.92 Å². The molecule has 0 saturated carbocycles. The Morgan fingerprint density at radius 3 is 2.24 bits per heavy atom. The van der Waals surface area contributed by atoms with E-state index in [2.05, 4.69) is 6.07 Å². The second-order valence-electron chi connectivity index (χ2n) is 7.75. The molecule has 2 N–H and O–H groups in total. The maximum Gasteiger partial charge on any atom is 0.355 e. The maximum atomic E-state index is 13.2. The van der Waals surface area contributed by atoms with Gasteiger partial charge >= 0.3 is 17.9 Å². The molecular weight excluding hydrogens is 518 g/mol. The monoisotopic (exact) mass is 537 g/mol. The molecular formula is C26H20ClN3O6S. The molecule has 2 heterocycles. The van der Waals surface area contributed by atoms with Gasteiger partial charge in [0.25, 0.3) is 0 Å². The van der Waals surface area contributed by atoms with E-state index in [1.807, 2.05) is 0 Å². The van der Waals surface area contributed by atoms with Crippen molar-refractivity contribution in [1.82, 2.24) is 0 Å². The SMILES string of the molecule is COC(=O)C1=C(C(=O)OC)N(c2ccc3c(Cl)c(C(=O)OC)sc3c2)C(N)=C(C#N)C1c1ccccc1. The minimum Gasteiger partial charge on any atom is -0.466 e. The standard InChI is InChI=1S/C26H20ClN3O6S/c1-34-24(31)19-18(13-7-5-4-6-8-13)16(12-28)23(29)30(21(19)25(32)35-2)14-9-10-15-17(11-14)37-22(20(15)27)26(33)36-3/h4-11,18H,29H2,1-3H3. The van der Waals surface area contributed by atoms with Crippen molar-refractivity contribution in [3.63, 3.8) is 0 Å². The first-order valence-electron chi connectivity index (χ1n) is 10.7. The van der Waals surface area contributed by atoms with E-state index in [0.29, 0.717) is 21.3 Å². The fourth-order valence-corrected chi connectivity index (χ4v) is 5.66. The highest BCUT2D eigenvalue weighted by Gasteiger charge is 2.43. The molecule has 0 bridgehead atoms. The van der Waals surface area contributed by atoms with Crippen LogP contribution in [0.15, 0.2) is 71.2 Å². The summed E-state index contributed by atoms with van der Waals surface area (Å²) in [4.78, 5) is 39.9. The number of nitrogens with two attached hydrogens (primary N) is 1. The molecule has 0 spiro atoms. The Hall–Kier alpha value is -4.33. The fourth-order valence-electron chi connectivity index (χ4n) is 4.20. The second-order valence-corrected chi connectivity index (χ2v) is 9.18. The van der Waals surface area contributed by atoms with Crippen molar-refractivity contribution >= 4 is 56.6 Å². The highest BCUT2D eigenvalue weighted by atomic mass is 35.5. The number of anilines is 1. The summed E-state index contributed by atoms with van der Waals surface area (Å²) in [5.74, 6) is -3.33. The molecule has 1 aromatic heterocycles. The zero-order valence-corrected chi connectivity index (χ0v) is 21.5. The minimum absolute atomic E-state index is 0.0406. The van der Waals surface area contributed by atoms with Crippen molar-refractivity contribution in [2.75, 3.05) is 26.2 Å². The minimum atomic E-state index is -0.977.